The van der Waals surface area contributed by atoms with Crippen LogP contribution in [0.3, 0.4) is 0 Å². The van der Waals surface area contributed by atoms with E-state index < -0.39 is 69.5 Å². The highest BCUT2D eigenvalue weighted by molar-refractivity contribution is 6.33. The van der Waals surface area contributed by atoms with E-state index in [4.69, 9.17) is 11.1 Å². The van der Waals surface area contributed by atoms with Crippen LogP contribution in [0.5, 0.6) is 5.75 Å². The summed E-state index contributed by atoms with van der Waals surface area (Å²) in [5.41, 5.74) is 0.736. The first-order valence-corrected chi connectivity index (χ1v) is 10.3. The number of fused-ring (bicyclic) bond motifs is 3. The molecule has 1 aromatic carbocycles. The number of hydrogen-bond acceptors (Lipinski definition) is 9. The zero-order valence-electron chi connectivity index (χ0n) is 18.2. The van der Waals surface area contributed by atoms with Gasteiger partial charge in [0, 0.05) is 30.2 Å². The number of carbonyl (C=O) groups excluding carboxylic acids is 2. The van der Waals surface area contributed by atoms with E-state index in [1.807, 2.05) is 0 Å². The van der Waals surface area contributed by atoms with Crippen LogP contribution >= 0.6 is 0 Å². The van der Waals surface area contributed by atoms with Gasteiger partial charge >= 0.3 is 0 Å². The number of carbonyl (C=O) groups is 2. The van der Waals surface area contributed by atoms with Gasteiger partial charge in [0.15, 0.2) is 5.60 Å². The SMILES string of the molecule is CNc1cc(F)c2c(c1O)C(O)=C1C(=O)[C@]3(O)C(=N)C(C(N)=O)=C(O)[C@@H](N(C)C)[C@@H]3C[C@@H]1C2. The Hall–Kier alpha value is -3.44. The molecule has 1 amide bonds. The number of ketones is 1. The first-order valence-electron chi connectivity index (χ1n) is 10.3. The molecule has 1 fully saturated rings. The number of primary amides is 1. The Bertz CT molecular complexity index is 1190. The molecule has 0 aromatic heterocycles. The van der Waals surface area contributed by atoms with Crippen molar-refractivity contribution in [1.29, 1.82) is 5.41 Å². The number of amides is 1. The molecule has 176 valence electrons. The monoisotopic (exact) mass is 460 g/mol. The number of benzene rings is 1. The molecule has 0 heterocycles. The third kappa shape index (κ3) is 2.82. The molecule has 0 spiro atoms. The number of aromatic hydroxyl groups is 1. The smallest absolute Gasteiger partial charge is 0.254 e. The number of nitrogens with one attached hydrogen (secondary N) is 2. The van der Waals surface area contributed by atoms with Gasteiger partial charge in [-0.05, 0) is 32.9 Å². The molecule has 33 heavy (non-hydrogen) atoms. The molecule has 3 aliphatic carbocycles. The van der Waals surface area contributed by atoms with Crippen LogP contribution in [-0.4, -0.2) is 75.5 Å². The zero-order chi connectivity index (χ0) is 24.6. The summed E-state index contributed by atoms with van der Waals surface area (Å²) in [6.45, 7) is 0. The number of aliphatic hydroxyl groups excluding tert-OH is 2. The zero-order valence-corrected chi connectivity index (χ0v) is 18.2. The molecule has 0 saturated heterocycles. The number of hydrogen-bond donors (Lipinski definition) is 7. The fourth-order valence-corrected chi connectivity index (χ4v) is 5.51. The number of phenolic OH excluding ortho intramolecular Hbond substituents is 1. The number of Topliss-reactive ketones (excluding diaryl/α,β-unsaturated/α-hetero) is 1. The van der Waals surface area contributed by atoms with Crippen LogP contribution < -0.4 is 11.1 Å². The van der Waals surface area contributed by atoms with Gasteiger partial charge in [0.05, 0.1) is 23.0 Å². The summed E-state index contributed by atoms with van der Waals surface area (Å²) < 4.78 is 14.8. The standard InChI is InChI=1S/C22H25FN4O6/c1-26-11-6-10(23)8-4-7-5-9-15(27(2)3)18(30)14(21(25)32)19(24)22(9,33)20(31)12(7)17(29)13(8)16(11)28/h6-7,9,15,24,26,28-30,33H,4-5H2,1-3H3,(H2,25,32)/t7-,9-,15-,22+/m0/s1. The van der Waals surface area contributed by atoms with Crippen molar-refractivity contribution in [3.8, 4) is 5.75 Å². The van der Waals surface area contributed by atoms with E-state index in [-0.39, 0.29) is 35.2 Å². The Morgan fingerprint density at radius 1 is 1.33 bits per heavy atom. The maximum absolute atomic E-state index is 14.8. The van der Waals surface area contributed by atoms with E-state index in [9.17, 15) is 34.4 Å². The lowest BCUT2D eigenvalue weighted by molar-refractivity contribution is -0.138. The molecule has 3 aliphatic rings. The van der Waals surface area contributed by atoms with Crippen LogP contribution in [0.1, 0.15) is 17.5 Å². The van der Waals surface area contributed by atoms with Crippen molar-refractivity contribution in [2.45, 2.75) is 24.5 Å². The van der Waals surface area contributed by atoms with Crippen LogP contribution in [0.15, 0.2) is 23.0 Å². The van der Waals surface area contributed by atoms with Gasteiger partial charge in [-0.3, -0.25) is 14.5 Å². The second-order valence-electron chi connectivity index (χ2n) is 8.87. The van der Waals surface area contributed by atoms with E-state index >= 15 is 0 Å². The molecule has 11 heteroatoms. The molecule has 1 aromatic rings. The second-order valence-corrected chi connectivity index (χ2v) is 8.87. The number of nitrogens with two attached hydrogens (primary N) is 1. The van der Waals surface area contributed by atoms with Gasteiger partial charge in [-0.2, -0.15) is 0 Å². The van der Waals surface area contributed by atoms with Gasteiger partial charge < -0.3 is 36.9 Å². The molecule has 0 unspecified atom stereocenters. The number of likely N-dealkylation sites (N-methyl/N-ethyl adjacent to an activating group) is 1. The number of phenols is 1. The predicted molar refractivity (Wildman–Crippen MR) is 116 cm³/mol. The van der Waals surface area contributed by atoms with Crippen LogP contribution in [-0.2, 0) is 16.0 Å². The summed E-state index contributed by atoms with van der Waals surface area (Å²) in [4.78, 5) is 27.2. The third-order valence-electron chi connectivity index (χ3n) is 6.99. The van der Waals surface area contributed by atoms with Gasteiger partial charge in [0.1, 0.15) is 28.7 Å². The molecule has 0 bridgehead atoms. The summed E-state index contributed by atoms with van der Waals surface area (Å²) in [5, 5.41) is 54.9. The van der Waals surface area contributed by atoms with E-state index in [0.29, 0.717) is 0 Å². The quantitative estimate of drug-likeness (QED) is 0.320. The van der Waals surface area contributed by atoms with Gasteiger partial charge in [0.2, 0.25) is 5.78 Å². The minimum absolute atomic E-state index is 0.00125. The summed E-state index contributed by atoms with van der Waals surface area (Å²) in [6, 6.07) is 0.0469. The molecular formula is C22H25FN4O6. The fourth-order valence-electron chi connectivity index (χ4n) is 5.51. The largest absolute Gasteiger partial charge is 0.510 e. The third-order valence-corrected chi connectivity index (χ3v) is 6.99. The summed E-state index contributed by atoms with van der Waals surface area (Å²) in [6.07, 6.45) is -0.0759. The van der Waals surface area contributed by atoms with Crippen LogP contribution in [0.25, 0.3) is 5.76 Å². The van der Waals surface area contributed by atoms with Gasteiger partial charge in [-0.15, -0.1) is 0 Å². The summed E-state index contributed by atoms with van der Waals surface area (Å²) >= 11 is 0. The molecule has 8 N–H and O–H groups in total. The van der Waals surface area contributed by atoms with Crippen molar-refractivity contribution in [1.82, 2.24) is 4.90 Å². The average Bonchev–Trinajstić information content (AvgIpc) is 2.72. The van der Waals surface area contributed by atoms with Crippen LogP contribution in [0.4, 0.5) is 10.1 Å². The van der Waals surface area contributed by atoms with Crippen molar-refractivity contribution in [2.24, 2.45) is 17.6 Å². The Kier molecular flexibility index (Phi) is 5.02. The Labute approximate surface area is 188 Å². The Balaban J connectivity index is 1.97. The molecule has 10 nitrogen and oxygen atoms in total. The Morgan fingerprint density at radius 3 is 2.52 bits per heavy atom. The normalized spacial score (nSPS) is 29.1. The number of nitrogens with zero attached hydrogens (tertiary/aromatic N) is 1. The fraction of sp³-hybridized carbons (Fsp3) is 0.409. The average molecular weight is 460 g/mol. The highest BCUT2D eigenvalue weighted by Gasteiger charge is 2.63. The van der Waals surface area contributed by atoms with Crippen molar-refractivity contribution < 1.29 is 34.4 Å². The molecule has 0 radical (unpaired) electrons. The first kappa shape index (κ1) is 22.7. The lowest BCUT2D eigenvalue weighted by atomic mass is 9.57. The van der Waals surface area contributed by atoms with Crippen molar-refractivity contribution in [2.75, 3.05) is 26.5 Å². The maximum atomic E-state index is 14.8. The molecule has 0 aliphatic heterocycles. The minimum atomic E-state index is -2.57. The Morgan fingerprint density at radius 2 is 1.97 bits per heavy atom. The molecule has 4 atom stereocenters. The van der Waals surface area contributed by atoms with Crippen LogP contribution in [0, 0.1) is 23.1 Å². The molecular weight excluding hydrogens is 435 g/mol. The van der Waals surface area contributed by atoms with E-state index in [1.54, 1.807) is 14.1 Å². The van der Waals surface area contributed by atoms with E-state index in [1.165, 1.54) is 11.9 Å². The lowest BCUT2D eigenvalue weighted by Gasteiger charge is -2.51. The van der Waals surface area contributed by atoms with Gasteiger partial charge in [-0.1, -0.05) is 0 Å². The number of halogens is 1. The minimum Gasteiger partial charge on any atom is -0.510 e. The van der Waals surface area contributed by atoms with E-state index in [2.05, 4.69) is 5.32 Å². The highest BCUT2D eigenvalue weighted by Crippen LogP contribution is 2.53. The highest BCUT2D eigenvalue weighted by atomic mass is 19.1. The van der Waals surface area contributed by atoms with Crippen molar-refractivity contribution >= 4 is 28.8 Å². The molecule has 4 rings (SSSR count). The van der Waals surface area contributed by atoms with Crippen molar-refractivity contribution in [3.63, 3.8) is 0 Å². The predicted octanol–water partition coefficient (Wildman–Crippen LogP) is 0.595. The topological polar surface area (TPSA) is 180 Å². The van der Waals surface area contributed by atoms with Gasteiger partial charge in [0.25, 0.3) is 5.91 Å². The first-order chi connectivity index (χ1) is 15.4. The number of rotatable bonds is 3. The van der Waals surface area contributed by atoms with E-state index in [0.717, 1.165) is 6.07 Å². The number of aliphatic hydroxyl groups is 3. The second kappa shape index (κ2) is 7.29. The maximum Gasteiger partial charge on any atom is 0.254 e. The summed E-state index contributed by atoms with van der Waals surface area (Å²) in [5.74, 6) is -6.45. The van der Waals surface area contributed by atoms with Gasteiger partial charge in [-0.25, -0.2) is 4.39 Å². The van der Waals surface area contributed by atoms with Crippen molar-refractivity contribution in [3.05, 3.63) is 39.9 Å². The number of anilines is 1. The van der Waals surface area contributed by atoms with Crippen LogP contribution in [0.2, 0.25) is 0 Å². The molecule has 1 saturated carbocycles. The lowest BCUT2D eigenvalue weighted by Crippen LogP contribution is -2.67. The summed E-state index contributed by atoms with van der Waals surface area (Å²) in [7, 11) is 4.58.